The van der Waals surface area contributed by atoms with E-state index in [9.17, 15) is 0 Å². The minimum Gasteiger partial charge on any atom is -0.333 e. The van der Waals surface area contributed by atoms with Crippen LogP contribution in [-0.2, 0) is 23.0 Å². The summed E-state index contributed by atoms with van der Waals surface area (Å²) in [4.78, 5) is 0. The van der Waals surface area contributed by atoms with Crippen molar-refractivity contribution in [3.05, 3.63) is 215 Å². The number of para-hydroxylation sites is 3. The van der Waals surface area contributed by atoms with Crippen LogP contribution in [0.25, 0.3) is 66.7 Å². The maximum absolute atomic E-state index is 4.08. The molecule has 64 heavy (non-hydrogen) atoms. The zero-order valence-electron chi connectivity index (χ0n) is 37.4. The number of hydrogen-bond acceptors (Lipinski definition) is 2. The van der Waals surface area contributed by atoms with E-state index < -0.39 is 5.54 Å². The summed E-state index contributed by atoms with van der Waals surface area (Å²) in [5.74, 6) is 0.233. The molecule has 312 valence electrons. The Morgan fingerprint density at radius 1 is 0.531 bits per heavy atom. The van der Waals surface area contributed by atoms with Gasteiger partial charge in [0.15, 0.2) is 0 Å². The molecule has 4 aliphatic rings. The second kappa shape index (κ2) is 13.1. The molecular weight excluding hydrogens is 777 g/mol. The monoisotopic (exact) mass is 828 g/mol. The fourth-order valence-electron chi connectivity index (χ4n) is 12.5. The quantitative estimate of drug-likeness (QED) is 0.187. The van der Waals surface area contributed by atoms with Crippen LogP contribution in [-0.4, -0.2) is 14.1 Å². The number of allylic oxidation sites excluding steroid dienone is 1. The average Bonchev–Trinajstić information content (AvgIpc) is 4.06. The summed E-state index contributed by atoms with van der Waals surface area (Å²) in [6, 6.07) is 59.4. The summed E-state index contributed by atoms with van der Waals surface area (Å²) in [6.07, 6.45) is 7.38. The maximum Gasteiger partial charge on any atom is 0.0947 e. The van der Waals surface area contributed by atoms with Gasteiger partial charge in [-0.1, -0.05) is 174 Å². The van der Waals surface area contributed by atoms with Crippen molar-refractivity contribution in [2.75, 3.05) is 0 Å². The molecule has 1 N–H and O–H groups in total. The lowest BCUT2D eigenvalue weighted by Crippen LogP contribution is -2.46. The zero-order chi connectivity index (χ0) is 43.3. The van der Waals surface area contributed by atoms with Crippen LogP contribution in [0.2, 0.25) is 0 Å². The molecule has 3 aliphatic carbocycles. The first-order valence-corrected chi connectivity index (χ1v) is 23.1. The van der Waals surface area contributed by atoms with Crippen molar-refractivity contribution < 1.29 is 0 Å². The summed E-state index contributed by atoms with van der Waals surface area (Å²) in [5, 5.41) is 6.44. The van der Waals surface area contributed by atoms with E-state index in [2.05, 4.69) is 237 Å². The molecule has 0 radical (unpaired) electrons. The van der Waals surface area contributed by atoms with Gasteiger partial charge in [0.05, 0.1) is 23.9 Å². The molecule has 0 amide bonds. The van der Waals surface area contributed by atoms with E-state index >= 15 is 0 Å². The van der Waals surface area contributed by atoms with Gasteiger partial charge in [-0.3, -0.25) is 0 Å². The van der Waals surface area contributed by atoms with Crippen LogP contribution in [0.15, 0.2) is 170 Å². The summed E-state index contributed by atoms with van der Waals surface area (Å²) in [6.45, 7) is 15.0. The second-order valence-electron chi connectivity index (χ2n) is 20.0. The number of nitrogens with zero attached hydrogens (tertiary/aromatic N) is 3. The van der Waals surface area contributed by atoms with Gasteiger partial charge >= 0.3 is 0 Å². The van der Waals surface area contributed by atoms with Gasteiger partial charge in [-0.05, 0) is 105 Å². The maximum atomic E-state index is 4.08. The van der Waals surface area contributed by atoms with Gasteiger partial charge in [-0.2, -0.15) is 5.01 Å². The summed E-state index contributed by atoms with van der Waals surface area (Å²) in [7, 11) is 0. The number of rotatable bonds is 5. The largest absolute Gasteiger partial charge is 0.333 e. The molecule has 0 saturated carbocycles. The Morgan fingerprint density at radius 2 is 1.06 bits per heavy atom. The van der Waals surface area contributed by atoms with Gasteiger partial charge < -0.3 is 14.6 Å². The van der Waals surface area contributed by atoms with Crippen molar-refractivity contribution in [3.63, 3.8) is 0 Å². The molecule has 4 heteroatoms. The second-order valence-corrected chi connectivity index (χ2v) is 20.0. The first kappa shape index (κ1) is 37.7. The topological polar surface area (TPSA) is 25.1 Å². The van der Waals surface area contributed by atoms with Gasteiger partial charge in [0.1, 0.15) is 0 Å². The molecule has 3 heterocycles. The Morgan fingerprint density at radius 3 is 1.72 bits per heavy atom. The highest BCUT2D eigenvalue weighted by molar-refractivity contribution is 6.08. The molecule has 9 aromatic rings. The normalized spacial score (nSPS) is 21.1. The van der Waals surface area contributed by atoms with E-state index in [1.165, 1.54) is 99.6 Å². The SMILES string of the molecule is CC1c2c(n(CN3NC(c4ccc5c(c4)C(C)(C)c4ccccc4-5)=CC3(C)c3ccc4c(c3)C(C)(C)c3ccccc3-4)c3ccccc23)C=CC1n1c2ccccc2c2ccccc21. The molecule has 1 aliphatic heterocycles. The van der Waals surface area contributed by atoms with E-state index in [1.807, 2.05) is 0 Å². The third-order valence-corrected chi connectivity index (χ3v) is 16.0. The highest BCUT2D eigenvalue weighted by Gasteiger charge is 2.43. The van der Waals surface area contributed by atoms with E-state index in [0.29, 0.717) is 6.67 Å². The molecule has 7 aromatic carbocycles. The van der Waals surface area contributed by atoms with E-state index in [-0.39, 0.29) is 22.8 Å². The zero-order valence-corrected chi connectivity index (χ0v) is 37.4. The molecule has 13 rings (SSSR count). The van der Waals surface area contributed by atoms with Crippen molar-refractivity contribution in [2.45, 2.75) is 76.5 Å². The molecule has 0 bridgehead atoms. The van der Waals surface area contributed by atoms with Gasteiger partial charge in [-0.15, -0.1) is 0 Å². The van der Waals surface area contributed by atoms with Crippen LogP contribution in [0.3, 0.4) is 0 Å². The van der Waals surface area contributed by atoms with Crippen LogP contribution in [0.1, 0.15) is 98.1 Å². The number of nitrogens with one attached hydrogen (secondary N) is 1. The van der Waals surface area contributed by atoms with E-state index in [1.54, 1.807) is 0 Å². The average molecular weight is 829 g/mol. The molecule has 2 aromatic heterocycles. The van der Waals surface area contributed by atoms with E-state index in [0.717, 1.165) is 5.70 Å². The number of aromatic nitrogens is 2. The van der Waals surface area contributed by atoms with E-state index in [4.69, 9.17) is 0 Å². The predicted molar refractivity (Wildman–Crippen MR) is 266 cm³/mol. The Bertz CT molecular complexity index is 3460. The van der Waals surface area contributed by atoms with Crippen molar-refractivity contribution >= 4 is 44.5 Å². The lowest BCUT2D eigenvalue weighted by molar-refractivity contribution is 0.0868. The molecule has 3 atom stereocenters. The smallest absolute Gasteiger partial charge is 0.0947 e. The van der Waals surface area contributed by atoms with Crippen LogP contribution in [0, 0.1) is 0 Å². The predicted octanol–water partition coefficient (Wildman–Crippen LogP) is 14.5. The molecule has 4 nitrogen and oxygen atoms in total. The van der Waals surface area contributed by atoms with Crippen LogP contribution in [0.4, 0.5) is 0 Å². The highest BCUT2D eigenvalue weighted by atomic mass is 15.6. The summed E-state index contributed by atoms with van der Waals surface area (Å²) < 4.78 is 5.15. The highest BCUT2D eigenvalue weighted by Crippen LogP contribution is 2.53. The van der Waals surface area contributed by atoms with Crippen molar-refractivity contribution in [2.24, 2.45) is 0 Å². The first-order valence-electron chi connectivity index (χ1n) is 23.1. The molecule has 3 unspecified atom stereocenters. The van der Waals surface area contributed by atoms with Crippen LogP contribution < -0.4 is 5.43 Å². The number of hydrogen-bond donors (Lipinski definition) is 1. The lowest BCUT2D eigenvalue weighted by Gasteiger charge is -2.36. The fraction of sp³-hybridized carbons (Fsp3) is 0.200. The van der Waals surface area contributed by atoms with Gasteiger partial charge in [0.25, 0.3) is 0 Å². The third-order valence-electron chi connectivity index (χ3n) is 16.0. The van der Waals surface area contributed by atoms with Crippen molar-refractivity contribution in [1.29, 1.82) is 0 Å². The third kappa shape index (κ3) is 4.98. The van der Waals surface area contributed by atoms with Crippen LogP contribution >= 0.6 is 0 Å². The first-order chi connectivity index (χ1) is 31.0. The molecule has 0 spiro atoms. The fourth-order valence-corrected chi connectivity index (χ4v) is 12.5. The van der Waals surface area contributed by atoms with Crippen LogP contribution in [0.5, 0.6) is 0 Å². The Labute approximate surface area is 375 Å². The van der Waals surface area contributed by atoms with Crippen molar-refractivity contribution in [1.82, 2.24) is 19.6 Å². The Balaban J connectivity index is 0.949. The minimum absolute atomic E-state index is 0.0894. The lowest BCUT2D eigenvalue weighted by atomic mass is 9.80. The van der Waals surface area contributed by atoms with Gasteiger partial charge in [-0.25, -0.2) is 0 Å². The number of benzene rings is 7. The van der Waals surface area contributed by atoms with Gasteiger partial charge in [0, 0.05) is 55.2 Å². The molecule has 0 fully saturated rings. The number of fused-ring (bicyclic) bond motifs is 12. The summed E-state index contributed by atoms with van der Waals surface area (Å²) in [5.41, 5.74) is 24.5. The molecular formula is C60H52N4. The minimum atomic E-state index is -0.486. The van der Waals surface area contributed by atoms with Gasteiger partial charge in [0.2, 0.25) is 0 Å². The Hall–Kier alpha value is -6.88. The van der Waals surface area contributed by atoms with Crippen molar-refractivity contribution in [3.8, 4) is 22.3 Å². The summed E-state index contributed by atoms with van der Waals surface area (Å²) >= 11 is 0. The molecule has 0 saturated heterocycles. The standard InChI is InChI=1S/C60H52N4/c1-37-52(64-54-25-15-9-19-44(54)45-20-10-16-26-55(45)64)31-32-56-57(37)46-21-11-14-24-53(46)62(56)36-63-60(6,39-28-30-43-41-18-8-13-23-48(41)59(4,5)50(43)34-39)35-51(61-63)38-27-29-42-40-17-7-12-22-47(40)58(2,3)49(42)33-38/h7-35,37,52,61H,36H2,1-6H3. The number of hydrazine groups is 1. The Kier molecular flexibility index (Phi) is 7.70.